The van der Waals surface area contributed by atoms with Gasteiger partial charge in [0.2, 0.25) is 0 Å². The summed E-state index contributed by atoms with van der Waals surface area (Å²) >= 11 is 0. The quantitative estimate of drug-likeness (QED) is 0.485. The highest BCUT2D eigenvalue weighted by Crippen LogP contribution is 2.09. The number of nitrogen functional groups attached to an aromatic ring is 1. The van der Waals surface area contributed by atoms with E-state index in [0.29, 0.717) is 11.9 Å². The standard InChI is InChI=1S/C11H20N4/c1-2-3-4-10(15-13)7-9-5-6-14-11(12)8-9/h5-6,8,10,15H,2-4,7,13H2,1H3,(H2,12,14). The van der Waals surface area contributed by atoms with Gasteiger partial charge in [-0.2, -0.15) is 0 Å². The van der Waals surface area contributed by atoms with Gasteiger partial charge in [0.1, 0.15) is 5.82 Å². The third-order valence-corrected chi connectivity index (χ3v) is 2.47. The number of unbranched alkanes of at least 4 members (excludes halogenated alkanes) is 1. The molecule has 0 aliphatic carbocycles. The Hall–Kier alpha value is -1.13. The molecular weight excluding hydrogens is 188 g/mol. The van der Waals surface area contributed by atoms with Crippen LogP contribution in [0, 0.1) is 0 Å². The van der Waals surface area contributed by atoms with Crippen LogP contribution < -0.4 is 17.0 Å². The van der Waals surface area contributed by atoms with E-state index >= 15 is 0 Å². The average Bonchev–Trinajstić information content (AvgIpc) is 2.24. The minimum Gasteiger partial charge on any atom is -0.384 e. The Morgan fingerprint density at radius 1 is 1.53 bits per heavy atom. The molecule has 0 aliphatic rings. The van der Waals surface area contributed by atoms with E-state index in [0.717, 1.165) is 12.8 Å². The number of rotatable bonds is 6. The van der Waals surface area contributed by atoms with Gasteiger partial charge in [0.05, 0.1) is 0 Å². The number of aromatic nitrogens is 1. The second kappa shape index (κ2) is 6.37. The molecule has 0 amide bonds. The van der Waals surface area contributed by atoms with Crippen molar-refractivity contribution in [2.24, 2.45) is 5.84 Å². The molecule has 0 radical (unpaired) electrons. The smallest absolute Gasteiger partial charge is 0.123 e. The molecular formula is C11H20N4. The molecule has 0 saturated heterocycles. The van der Waals surface area contributed by atoms with Crippen molar-refractivity contribution in [1.82, 2.24) is 10.4 Å². The van der Waals surface area contributed by atoms with Gasteiger partial charge in [-0.05, 0) is 30.5 Å². The van der Waals surface area contributed by atoms with Crippen LogP contribution in [0.2, 0.25) is 0 Å². The van der Waals surface area contributed by atoms with Crippen LogP contribution in [0.5, 0.6) is 0 Å². The van der Waals surface area contributed by atoms with Gasteiger partial charge in [0.25, 0.3) is 0 Å². The normalized spacial score (nSPS) is 12.7. The molecule has 15 heavy (non-hydrogen) atoms. The Morgan fingerprint density at radius 3 is 2.93 bits per heavy atom. The van der Waals surface area contributed by atoms with Crippen molar-refractivity contribution < 1.29 is 0 Å². The molecule has 1 rings (SSSR count). The summed E-state index contributed by atoms with van der Waals surface area (Å²) in [5, 5.41) is 0. The van der Waals surface area contributed by atoms with Crippen LogP contribution in [0.4, 0.5) is 5.82 Å². The number of nitrogens with two attached hydrogens (primary N) is 2. The zero-order valence-electron chi connectivity index (χ0n) is 9.24. The maximum Gasteiger partial charge on any atom is 0.123 e. The zero-order valence-corrected chi connectivity index (χ0v) is 9.24. The Kier molecular flexibility index (Phi) is 5.07. The third-order valence-electron chi connectivity index (χ3n) is 2.47. The summed E-state index contributed by atoms with van der Waals surface area (Å²) in [4.78, 5) is 3.96. The van der Waals surface area contributed by atoms with Crippen LogP contribution in [-0.2, 0) is 6.42 Å². The first-order valence-corrected chi connectivity index (χ1v) is 5.42. The van der Waals surface area contributed by atoms with Crippen LogP contribution in [0.3, 0.4) is 0 Å². The number of hydrazine groups is 1. The Morgan fingerprint density at radius 2 is 2.33 bits per heavy atom. The second-order valence-corrected chi connectivity index (χ2v) is 3.80. The fourth-order valence-corrected chi connectivity index (χ4v) is 1.60. The van der Waals surface area contributed by atoms with Gasteiger partial charge >= 0.3 is 0 Å². The van der Waals surface area contributed by atoms with Gasteiger partial charge in [-0.25, -0.2) is 4.98 Å². The van der Waals surface area contributed by atoms with Crippen LogP contribution in [-0.4, -0.2) is 11.0 Å². The molecule has 1 aromatic rings. The first kappa shape index (κ1) is 11.9. The van der Waals surface area contributed by atoms with Gasteiger partial charge in [0, 0.05) is 12.2 Å². The highest BCUT2D eigenvalue weighted by Gasteiger charge is 2.07. The molecule has 1 heterocycles. The molecule has 1 unspecified atom stereocenters. The van der Waals surface area contributed by atoms with Crippen LogP contribution in [0.15, 0.2) is 18.3 Å². The highest BCUT2D eigenvalue weighted by molar-refractivity contribution is 5.32. The predicted molar refractivity (Wildman–Crippen MR) is 63.0 cm³/mol. The van der Waals surface area contributed by atoms with Gasteiger partial charge in [-0.1, -0.05) is 19.8 Å². The maximum atomic E-state index is 5.61. The van der Waals surface area contributed by atoms with E-state index in [-0.39, 0.29) is 0 Å². The summed E-state index contributed by atoms with van der Waals surface area (Å²) in [5.74, 6) is 6.07. The first-order valence-electron chi connectivity index (χ1n) is 5.42. The fraction of sp³-hybridized carbons (Fsp3) is 0.545. The van der Waals surface area contributed by atoms with Crippen molar-refractivity contribution in [2.45, 2.75) is 38.6 Å². The Balaban J connectivity index is 2.50. The van der Waals surface area contributed by atoms with Gasteiger partial charge < -0.3 is 5.73 Å². The SMILES string of the molecule is CCCCC(Cc1ccnc(N)c1)NN. The number of hydrogen-bond acceptors (Lipinski definition) is 4. The molecule has 0 bridgehead atoms. The molecule has 84 valence electrons. The van der Waals surface area contributed by atoms with E-state index < -0.39 is 0 Å². The summed E-state index contributed by atoms with van der Waals surface area (Å²) in [6.07, 6.45) is 6.11. The number of nitrogens with zero attached hydrogens (tertiary/aromatic N) is 1. The van der Waals surface area contributed by atoms with Crippen LogP contribution >= 0.6 is 0 Å². The zero-order chi connectivity index (χ0) is 11.1. The fourth-order valence-electron chi connectivity index (χ4n) is 1.60. The number of nitrogens with one attached hydrogen (secondary N) is 1. The van der Waals surface area contributed by atoms with E-state index in [4.69, 9.17) is 11.6 Å². The largest absolute Gasteiger partial charge is 0.384 e. The molecule has 1 atom stereocenters. The summed E-state index contributed by atoms with van der Waals surface area (Å²) < 4.78 is 0. The molecule has 0 saturated carbocycles. The number of pyridine rings is 1. The summed E-state index contributed by atoms with van der Waals surface area (Å²) in [6, 6.07) is 4.20. The second-order valence-electron chi connectivity index (χ2n) is 3.80. The molecule has 1 aromatic heterocycles. The van der Waals surface area contributed by atoms with E-state index in [2.05, 4.69) is 17.3 Å². The minimum absolute atomic E-state index is 0.326. The Bertz CT molecular complexity index is 288. The van der Waals surface area contributed by atoms with E-state index in [9.17, 15) is 0 Å². The molecule has 4 heteroatoms. The highest BCUT2D eigenvalue weighted by atomic mass is 15.2. The van der Waals surface area contributed by atoms with Crippen LogP contribution in [0.1, 0.15) is 31.7 Å². The third kappa shape index (κ3) is 4.27. The van der Waals surface area contributed by atoms with E-state index in [1.165, 1.54) is 18.4 Å². The van der Waals surface area contributed by atoms with Crippen LogP contribution in [0.25, 0.3) is 0 Å². The predicted octanol–water partition coefficient (Wildman–Crippen LogP) is 1.23. The molecule has 4 nitrogen and oxygen atoms in total. The number of hydrogen-bond donors (Lipinski definition) is 3. The lowest BCUT2D eigenvalue weighted by atomic mass is 10.0. The lowest BCUT2D eigenvalue weighted by Gasteiger charge is -2.15. The topological polar surface area (TPSA) is 77.0 Å². The van der Waals surface area contributed by atoms with Crippen molar-refractivity contribution in [1.29, 1.82) is 0 Å². The van der Waals surface area contributed by atoms with Crippen molar-refractivity contribution in [3.8, 4) is 0 Å². The van der Waals surface area contributed by atoms with Crippen molar-refractivity contribution in [2.75, 3.05) is 5.73 Å². The van der Waals surface area contributed by atoms with Gasteiger partial charge in [0.15, 0.2) is 0 Å². The number of anilines is 1. The lowest BCUT2D eigenvalue weighted by Crippen LogP contribution is -2.36. The van der Waals surface area contributed by atoms with Gasteiger partial charge in [-0.3, -0.25) is 11.3 Å². The van der Waals surface area contributed by atoms with Crippen molar-refractivity contribution >= 4 is 5.82 Å². The van der Waals surface area contributed by atoms with Gasteiger partial charge in [-0.15, -0.1) is 0 Å². The molecule has 0 aromatic carbocycles. The van der Waals surface area contributed by atoms with Crippen molar-refractivity contribution in [3.05, 3.63) is 23.9 Å². The Labute approximate surface area is 91.0 Å². The van der Waals surface area contributed by atoms with Crippen molar-refractivity contribution in [3.63, 3.8) is 0 Å². The average molecular weight is 208 g/mol. The molecule has 0 fully saturated rings. The van der Waals surface area contributed by atoms with E-state index in [1.807, 2.05) is 12.1 Å². The lowest BCUT2D eigenvalue weighted by molar-refractivity contribution is 0.473. The summed E-state index contributed by atoms with van der Waals surface area (Å²) in [5.41, 5.74) is 9.64. The maximum absolute atomic E-state index is 5.61. The first-order chi connectivity index (χ1) is 7.26. The van der Waals surface area contributed by atoms with E-state index in [1.54, 1.807) is 6.20 Å². The molecule has 0 spiro atoms. The monoisotopic (exact) mass is 208 g/mol. The summed E-state index contributed by atoms with van der Waals surface area (Å²) in [6.45, 7) is 2.18. The molecule has 5 N–H and O–H groups in total. The molecule has 0 aliphatic heterocycles. The minimum atomic E-state index is 0.326. The summed E-state index contributed by atoms with van der Waals surface area (Å²) in [7, 11) is 0.